The van der Waals surface area contributed by atoms with Gasteiger partial charge in [0, 0.05) is 37.4 Å². The van der Waals surface area contributed by atoms with E-state index in [1.807, 2.05) is 17.0 Å². The number of hydrogen-bond acceptors (Lipinski definition) is 6. The molecule has 1 aromatic carbocycles. The average molecular weight is 477 g/mol. The summed E-state index contributed by atoms with van der Waals surface area (Å²) in [4.78, 5) is 25.2. The third-order valence-corrected chi connectivity index (χ3v) is 5.46. The van der Waals surface area contributed by atoms with Crippen LogP contribution in [0.5, 0.6) is 5.75 Å². The van der Waals surface area contributed by atoms with E-state index in [1.54, 1.807) is 35.5 Å². The van der Waals surface area contributed by atoms with Gasteiger partial charge in [0.1, 0.15) is 5.75 Å². The first-order valence-electron chi connectivity index (χ1n) is 8.57. The number of carbonyl (C=O) groups is 1. The molecule has 2 aromatic heterocycles. The van der Waals surface area contributed by atoms with Gasteiger partial charge in [-0.05, 0) is 30.3 Å². The van der Waals surface area contributed by atoms with Gasteiger partial charge >= 0.3 is 6.03 Å². The molecular weight excluding hydrogens is 457 g/mol. The first kappa shape index (κ1) is 23.4. The molecule has 1 N–H and O–H groups in total. The molecule has 156 valence electrons. The number of thiazole rings is 1. The van der Waals surface area contributed by atoms with Crippen LogP contribution >= 0.6 is 47.8 Å². The molecule has 0 saturated carbocycles. The Morgan fingerprint density at radius 1 is 1.28 bits per heavy atom. The molecular formula is C18H20Cl3N5O2S. The van der Waals surface area contributed by atoms with E-state index in [4.69, 9.17) is 16.3 Å². The number of anilines is 1. The maximum atomic E-state index is 13.1. The summed E-state index contributed by atoms with van der Waals surface area (Å²) in [5, 5.41) is 4.48. The summed E-state index contributed by atoms with van der Waals surface area (Å²) in [5.41, 5.74) is 0.805. The third-order valence-electron chi connectivity index (χ3n) is 4.18. The molecule has 0 aliphatic carbocycles. The van der Waals surface area contributed by atoms with Crippen LogP contribution < -0.4 is 15.0 Å². The summed E-state index contributed by atoms with van der Waals surface area (Å²) < 4.78 is 6.72. The van der Waals surface area contributed by atoms with E-state index in [-0.39, 0.29) is 37.6 Å². The van der Waals surface area contributed by atoms with Gasteiger partial charge in [-0.3, -0.25) is 4.98 Å². The Balaban J connectivity index is 0.00000150. The molecule has 0 spiro atoms. The molecule has 7 nitrogen and oxygen atoms in total. The van der Waals surface area contributed by atoms with Gasteiger partial charge in [0.25, 0.3) is 0 Å². The Morgan fingerprint density at radius 3 is 2.79 bits per heavy atom. The minimum absolute atomic E-state index is 0. The number of aromatic nitrogens is 2. The van der Waals surface area contributed by atoms with Crippen molar-refractivity contribution in [1.29, 1.82) is 0 Å². The van der Waals surface area contributed by atoms with E-state index in [0.717, 1.165) is 23.3 Å². The number of piperazine rings is 1. The lowest BCUT2D eigenvalue weighted by molar-refractivity contribution is 0.188. The normalized spacial score (nSPS) is 13.3. The SMILES string of the molecule is Cl.Cl.O=C(N1CCNCC1)N(COc1cccnc1)c1nc2ccc(Cl)cc2s1. The second-order valence-corrected chi connectivity index (χ2v) is 7.46. The molecule has 0 atom stereocenters. The topological polar surface area (TPSA) is 70.6 Å². The second-order valence-electron chi connectivity index (χ2n) is 6.02. The molecule has 0 unspecified atom stereocenters. The van der Waals surface area contributed by atoms with Crippen LogP contribution in [0.4, 0.5) is 9.93 Å². The lowest BCUT2D eigenvalue weighted by atomic mass is 10.3. The summed E-state index contributed by atoms with van der Waals surface area (Å²) >= 11 is 7.50. The first-order chi connectivity index (χ1) is 13.2. The fourth-order valence-electron chi connectivity index (χ4n) is 2.79. The Hall–Kier alpha value is -1.84. The van der Waals surface area contributed by atoms with Crippen molar-refractivity contribution in [2.45, 2.75) is 0 Å². The number of ether oxygens (including phenoxy) is 1. The van der Waals surface area contributed by atoms with Crippen molar-refractivity contribution in [3.63, 3.8) is 0 Å². The number of benzene rings is 1. The zero-order valence-corrected chi connectivity index (χ0v) is 18.5. The molecule has 0 radical (unpaired) electrons. The smallest absolute Gasteiger partial charge is 0.329 e. The van der Waals surface area contributed by atoms with Crippen molar-refractivity contribution < 1.29 is 9.53 Å². The lowest BCUT2D eigenvalue weighted by Crippen LogP contribution is -2.52. The lowest BCUT2D eigenvalue weighted by Gasteiger charge is -2.31. The van der Waals surface area contributed by atoms with Gasteiger partial charge in [0.05, 0.1) is 16.4 Å². The van der Waals surface area contributed by atoms with Crippen molar-refractivity contribution in [2.75, 3.05) is 37.8 Å². The number of carbonyl (C=O) groups excluding carboxylic acids is 1. The third kappa shape index (κ3) is 5.61. The van der Waals surface area contributed by atoms with Crippen LogP contribution in [-0.4, -0.2) is 53.8 Å². The van der Waals surface area contributed by atoms with Gasteiger partial charge in [-0.2, -0.15) is 0 Å². The number of amides is 2. The Bertz CT molecular complexity index is 938. The molecule has 1 aliphatic rings. The minimum atomic E-state index is -0.120. The number of halogens is 3. The van der Waals surface area contributed by atoms with Crippen LogP contribution in [0, 0.1) is 0 Å². The highest BCUT2D eigenvalue weighted by Gasteiger charge is 2.26. The van der Waals surface area contributed by atoms with Crippen LogP contribution in [0.3, 0.4) is 0 Å². The van der Waals surface area contributed by atoms with Gasteiger partial charge in [-0.1, -0.05) is 22.9 Å². The Labute approximate surface area is 189 Å². The van der Waals surface area contributed by atoms with Gasteiger partial charge in [-0.15, -0.1) is 24.8 Å². The molecule has 11 heteroatoms. The van der Waals surface area contributed by atoms with E-state index in [0.29, 0.717) is 29.0 Å². The molecule has 1 aliphatic heterocycles. The predicted octanol–water partition coefficient (Wildman–Crippen LogP) is 4.06. The first-order valence-corrected chi connectivity index (χ1v) is 9.76. The van der Waals surface area contributed by atoms with Crippen LogP contribution in [0.15, 0.2) is 42.7 Å². The number of nitrogens with one attached hydrogen (secondary N) is 1. The highest BCUT2D eigenvalue weighted by atomic mass is 35.5. The second kappa shape index (κ2) is 10.8. The molecule has 29 heavy (non-hydrogen) atoms. The summed E-state index contributed by atoms with van der Waals surface area (Å²) in [7, 11) is 0. The fourth-order valence-corrected chi connectivity index (χ4v) is 4.02. The zero-order chi connectivity index (χ0) is 18.6. The van der Waals surface area contributed by atoms with Crippen LogP contribution in [0.25, 0.3) is 10.2 Å². The summed E-state index contributed by atoms with van der Waals surface area (Å²) in [6, 6.07) is 8.98. The van der Waals surface area contributed by atoms with Gasteiger partial charge in [0.15, 0.2) is 11.9 Å². The summed E-state index contributed by atoms with van der Waals surface area (Å²) in [6.07, 6.45) is 3.29. The maximum absolute atomic E-state index is 13.1. The number of pyridine rings is 1. The monoisotopic (exact) mass is 475 g/mol. The number of urea groups is 1. The number of nitrogens with zero attached hydrogens (tertiary/aromatic N) is 4. The van der Waals surface area contributed by atoms with Crippen LogP contribution in [0.1, 0.15) is 0 Å². The number of rotatable bonds is 4. The van der Waals surface area contributed by atoms with E-state index in [9.17, 15) is 4.79 Å². The van der Waals surface area contributed by atoms with Crippen molar-refractivity contribution >= 4 is 69.1 Å². The van der Waals surface area contributed by atoms with E-state index in [1.165, 1.54) is 11.3 Å². The molecule has 3 aromatic rings. The molecule has 3 heterocycles. The molecule has 1 fully saturated rings. The summed E-state index contributed by atoms with van der Waals surface area (Å²) in [5.74, 6) is 0.597. The van der Waals surface area contributed by atoms with Crippen LogP contribution in [-0.2, 0) is 0 Å². The van der Waals surface area contributed by atoms with E-state index in [2.05, 4.69) is 15.3 Å². The van der Waals surface area contributed by atoms with Crippen molar-refractivity contribution in [3.05, 3.63) is 47.7 Å². The Kier molecular flexibility index (Phi) is 8.73. The number of fused-ring (bicyclic) bond motifs is 1. The largest absolute Gasteiger partial charge is 0.471 e. The quantitative estimate of drug-likeness (QED) is 0.575. The highest BCUT2D eigenvalue weighted by molar-refractivity contribution is 7.22. The van der Waals surface area contributed by atoms with Crippen LogP contribution in [0.2, 0.25) is 5.02 Å². The standard InChI is InChI=1S/C18H18ClN5O2S.2ClH/c19-13-3-4-15-16(10-13)27-17(22-15)24(12-26-14-2-1-5-21-11-14)18(25)23-8-6-20-7-9-23;;/h1-5,10-11,20H,6-9,12H2;2*1H. The van der Waals surface area contributed by atoms with Crippen molar-refractivity contribution in [3.8, 4) is 5.75 Å². The molecule has 1 saturated heterocycles. The van der Waals surface area contributed by atoms with Gasteiger partial charge in [0.2, 0.25) is 0 Å². The van der Waals surface area contributed by atoms with Gasteiger partial charge < -0.3 is 15.0 Å². The predicted molar refractivity (Wildman–Crippen MR) is 121 cm³/mol. The zero-order valence-electron chi connectivity index (χ0n) is 15.3. The van der Waals surface area contributed by atoms with Crippen molar-refractivity contribution in [2.24, 2.45) is 0 Å². The fraction of sp³-hybridized carbons (Fsp3) is 0.278. The number of hydrogen-bond donors (Lipinski definition) is 1. The minimum Gasteiger partial charge on any atom is -0.471 e. The average Bonchev–Trinajstić information content (AvgIpc) is 3.12. The molecule has 0 bridgehead atoms. The van der Waals surface area contributed by atoms with Gasteiger partial charge in [-0.25, -0.2) is 14.7 Å². The molecule has 4 rings (SSSR count). The summed E-state index contributed by atoms with van der Waals surface area (Å²) in [6.45, 7) is 2.91. The highest BCUT2D eigenvalue weighted by Crippen LogP contribution is 2.31. The van der Waals surface area contributed by atoms with Crippen molar-refractivity contribution in [1.82, 2.24) is 20.2 Å². The molecule has 2 amide bonds. The Morgan fingerprint density at radius 2 is 2.07 bits per heavy atom. The van der Waals surface area contributed by atoms with E-state index >= 15 is 0 Å². The maximum Gasteiger partial charge on any atom is 0.329 e. The van der Waals surface area contributed by atoms with E-state index < -0.39 is 0 Å².